The average Bonchev–Trinajstić information content (AvgIpc) is 2.38. The molecule has 2 nitrogen and oxygen atoms in total. The van der Waals surface area contributed by atoms with Gasteiger partial charge in [-0.1, -0.05) is 38.1 Å². The van der Waals surface area contributed by atoms with Crippen LogP contribution < -0.4 is 0 Å². The molecule has 0 bridgehead atoms. The van der Waals surface area contributed by atoms with Crippen LogP contribution in [0, 0.1) is 23.7 Å². The summed E-state index contributed by atoms with van der Waals surface area (Å²) in [6.07, 6.45) is 2.12. The van der Waals surface area contributed by atoms with Crippen molar-refractivity contribution in [2.75, 3.05) is 0 Å². The summed E-state index contributed by atoms with van der Waals surface area (Å²) in [5.74, 6) is 0.864. The van der Waals surface area contributed by atoms with Gasteiger partial charge in [-0.15, -0.1) is 0 Å². The molecule has 1 aromatic carbocycles. The third-order valence-electron chi connectivity index (χ3n) is 4.75. The molecule has 94 valence electrons. The quantitative estimate of drug-likeness (QED) is 0.699. The zero-order valence-electron chi connectivity index (χ0n) is 10.8. The molecule has 18 heavy (non-hydrogen) atoms. The second-order valence-electron chi connectivity index (χ2n) is 5.86. The molecule has 3 rings (SSSR count). The Morgan fingerprint density at radius 3 is 1.61 bits per heavy atom. The summed E-state index contributed by atoms with van der Waals surface area (Å²) in [6, 6.07) is 7.30. The molecule has 2 aliphatic carbocycles. The predicted octanol–water partition coefficient (Wildman–Crippen LogP) is 3.36. The van der Waals surface area contributed by atoms with Crippen LogP contribution in [0.5, 0.6) is 0 Å². The first kappa shape index (κ1) is 11.6. The van der Waals surface area contributed by atoms with E-state index in [2.05, 4.69) is 13.8 Å². The largest absolute Gasteiger partial charge is 0.294 e. The molecule has 0 radical (unpaired) electrons. The van der Waals surface area contributed by atoms with Crippen molar-refractivity contribution in [1.29, 1.82) is 0 Å². The maximum atomic E-state index is 12.6. The molecular weight excluding hydrogens is 224 g/mol. The van der Waals surface area contributed by atoms with Gasteiger partial charge in [-0.05, 0) is 24.7 Å². The molecule has 0 amide bonds. The molecular formula is C16H18O2. The van der Waals surface area contributed by atoms with Crippen molar-refractivity contribution in [3.05, 3.63) is 35.4 Å². The van der Waals surface area contributed by atoms with Gasteiger partial charge in [-0.25, -0.2) is 0 Å². The van der Waals surface area contributed by atoms with Crippen LogP contribution in [0.25, 0.3) is 0 Å². The molecule has 4 unspecified atom stereocenters. The van der Waals surface area contributed by atoms with E-state index in [0.29, 0.717) is 23.0 Å². The van der Waals surface area contributed by atoms with Crippen LogP contribution in [0.3, 0.4) is 0 Å². The first-order chi connectivity index (χ1) is 8.61. The van der Waals surface area contributed by atoms with Crippen LogP contribution in [-0.2, 0) is 0 Å². The Labute approximate surface area is 107 Å². The zero-order valence-corrected chi connectivity index (χ0v) is 10.8. The van der Waals surface area contributed by atoms with Crippen molar-refractivity contribution in [3.8, 4) is 0 Å². The fourth-order valence-corrected chi connectivity index (χ4v) is 3.71. The number of hydrogen-bond donors (Lipinski definition) is 0. The Bertz CT molecular complexity index is 471. The standard InChI is InChI=1S/C16H18O2/c1-9-7-8-10(2)14-13(9)15(17)11-5-3-4-6-12(11)16(14)18/h3-6,9-10,13-14H,7-8H2,1-2H3. The number of carbonyl (C=O) groups is 2. The van der Waals surface area contributed by atoms with Crippen molar-refractivity contribution in [2.45, 2.75) is 26.7 Å². The molecule has 0 aliphatic heterocycles. The minimum atomic E-state index is -0.0869. The van der Waals surface area contributed by atoms with Gasteiger partial charge in [0, 0.05) is 23.0 Å². The van der Waals surface area contributed by atoms with E-state index < -0.39 is 0 Å². The summed E-state index contributed by atoms with van der Waals surface area (Å²) in [7, 11) is 0. The van der Waals surface area contributed by atoms with Crippen molar-refractivity contribution in [1.82, 2.24) is 0 Å². The Balaban J connectivity index is 2.15. The van der Waals surface area contributed by atoms with Gasteiger partial charge in [0.2, 0.25) is 0 Å². The van der Waals surface area contributed by atoms with Gasteiger partial charge in [0.1, 0.15) is 0 Å². The number of rotatable bonds is 0. The predicted molar refractivity (Wildman–Crippen MR) is 69.6 cm³/mol. The molecule has 0 aromatic heterocycles. The van der Waals surface area contributed by atoms with Crippen LogP contribution in [0.1, 0.15) is 47.4 Å². The van der Waals surface area contributed by atoms with Crippen molar-refractivity contribution >= 4 is 11.6 Å². The minimum absolute atomic E-state index is 0.0869. The fraction of sp³-hybridized carbons (Fsp3) is 0.500. The molecule has 0 spiro atoms. The highest BCUT2D eigenvalue weighted by molar-refractivity contribution is 6.16. The molecule has 0 heterocycles. The molecule has 0 saturated heterocycles. The van der Waals surface area contributed by atoms with Crippen LogP contribution in [0.15, 0.2) is 24.3 Å². The van der Waals surface area contributed by atoms with Gasteiger partial charge < -0.3 is 0 Å². The SMILES string of the molecule is CC1CCC(C)C2C(=O)c3ccccc3C(=O)C12. The minimum Gasteiger partial charge on any atom is -0.294 e. The first-order valence-corrected chi connectivity index (χ1v) is 6.78. The van der Waals surface area contributed by atoms with Crippen molar-refractivity contribution in [2.24, 2.45) is 23.7 Å². The lowest BCUT2D eigenvalue weighted by molar-refractivity contribution is 0.0491. The van der Waals surface area contributed by atoms with Gasteiger partial charge in [-0.2, -0.15) is 0 Å². The number of carbonyl (C=O) groups excluding carboxylic acids is 2. The van der Waals surface area contributed by atoms with Crippen molar-refractivity contribution in [3.63, 3.8) is 0 Å². The highest BCUT2D eigenvalue weighted by atomic mass is 16.1. The van der Waals surface area contributed by atoms with E-state index in [1.807, 2.05) is 12.1 Å². The number of ketones is 2. The smallest absolute Gasteiger partial charge is 0.167 e. The normalized spacial score (nSPS) is 35.0. The first-order valence-electron chi connectivity index (χ1n) is 6.78. The van der Waals surface area contributed by atoms with E-state index in [0.717, 1.165) is 12.8 Å². The van der Waals surface area contributed by atoms with Gasteiger partial charge in [0.05, 0.1) is 0 Å². The fourth-order valence-electron chi connectivity index (χ4n) is 3.71. The molecule has 1 fully saturated rings. The average molecular weight is 242 g/mol. The van der Waals surface area contributed by atoms with Crippen LogP contribution in [0.4, 0.5) is 0 Å². The van der Waals surface area contributed by atoms with Crippen LogP contribution in [0.2, 0.25) is 0 Å². The maximum Gasteiger partial charge on any atom is 0.167 e. The van der Waals surface area contributed by atoms with E-state index >= 15 is 0 Å². The number of Topliss-reactive ketones (excluding diaryl/α,β-unsaturated/α-hetero) is 2. The van der Waals surface area contributed by atoms with Crippen LogP contribution in [-0.4, -0.2) is 11.6 Å². The molecule has 1 aromatic rings. The zero-order chi connectivity index (χ0) is 12.9. The van der Waals surface area contributed by atoms with Crippen LogP contribution >= 0.6 is 0 Å². The van der Waals surface area contributed by atoms with E-state index in [4.69, 9.17) is 0 Å². The summed E-state index contributed by atoms with van der Waals surface area (Å²) in [4.78, 5) is 25.2. The lowest BCUT2D eigenvalue weighted by Crippen LogP contribution is -2.45. The Morgan fingerprint density at radius 1 is 0.833 bits per heavy atom. The van der Waals surface area contributed by atoms with E-state index in [9.17, 15) is 9.59 Å². The number of fused-ring (bicyclic) bond motifs is 2. The van der Waals surface area contributed by atoms with E-state index in [1.165, 1.54) is 0 Å². The highest BCUT2D eigenvalue weighted by Crippen LogP contribution is 2.45. The second-order valence-corrected chi connectivity index (χ2v) is 5.86. The molecule has 0 N–H and O–H groups in total. The Kier molecular flexibility index (Phi) is 2.61. The number of hydrogen-bond acceptors (Lipinski definition) is 2. The summed E-state index contributed by atoms with van der Waals surface area (Å²) in [5, 5.41) is 0. The highest BCUT2D eigenvalue weighted by Gasteiger charge is 2.48. The van der Waals surface area contributed by atoms with E-state index in [1.54, 1.807) is 12.1 Å². The summed E-state index contributed by atoms with van der Waals surface area (Å²) >= 11 is 0. The lowest BCUT2D eigenvalue weighted by Gasteiger charge is -2.42. The summed E-state index contributed by atoms with van der Waals surface area (Å²) < 4.78 is 0. The Hall–Kier alpha value is -1.44. The maximum absolute atomic E-state index is 12.6. The third-order valence-corrected chi connectivity index (χ3v) is 4.75. The van der Waals surface area contributed by atoms with E-state index in [-0.39, 0.29) is 23.4 Å². The monoisotopic (exact) mass is 242 g/mol. The molecule has 4 atom stereocenters. The van der Waals surface area contributed by atoms with Gasteiger partial charge >= 0.3 is 0 Å². The lowest BCUT2D eigenvalue weighted by atomic mass is 9.60. The van der Waals surface area contributed by atoms with Gasteiger partial charge in [-0.3, -0.25) is 9.59 Å². The molecule has 2 heteroatoms. The number of benzene rings is 1. The van der Waals surface area contributed by atoms with Gasteiger partial charge in [0.15, 0.2) is 11.6 Å². The summed E-state index contributed by atoms with van der Waals surface area (Å²) in [6.45, 7) is 4.23. The summed E-state index contributed by atoms with van der Waals surface area (Å²) in [5.41, 5.74) is 1.29. The second kappa shape index (κ2) is 4.04. The van der Waals surface area contributed by atoms with Crippen molar-refractivity contribution < 1.29 is 9.59 Å². The molecule has 1 saturated carbocycles. The topological polar surface area (TPSA) is 34.1 Å². The third kappa shape index (κ3) is 1.48. The molecule has 2 aliphatic rings. The Morgan fingerprint density at radius 2 is 1.22 bits per heavy atom. The van der Waals surface area contributed by atoms with Gasteiger partial charge in [0.25, 0.3) is 0 Å².